The average Bonchev–Trinajstić information content (AvgIpc) is 3.04. The number of benzene rings is 1. The van der Waals surface area contributed by atoms with Gasteiger partial charge in [0.05, 0.1) is 11.7 Å². The molecule has 1 aromatic carbocycles. The van der Waals surface area contributed by atoms with E-state index in [0.717, 1.165) is 6.42 Å². The Morgan fingerprint density at radius 1 is 1.21 bits per heavy atom. The Balaban J connectivity index is 1.77. The molecule has 0 spiro atoms. The second-order valence-electron chi connectivity index (χ2n) is 5.14. The van der Waals surface area contributed by atoms with Crippen molar-refractivity contribution in [3.8, 4) is 0 Å². The minimum Gasteiger partial charge on any atom is -0.305 e. The first-order valence-corrected chi connectivity index (χ1v) is 6.65. The molecule has 2 bridgehead atoms. The molecule has 3 atom stereocenters. The normalized spacial score (nSPS) is 31.5. The van der Waals surface area contributed by atoms with Crippen LogP contribution in [0.5, 0.6) is 0 Å². The molecule has 3 aliphatic rings. The van der Waals surface area contributed by atoms with Gasteiger partial charge in [-0.3, -0.25) is 4.79 Å². The van der Waals surface area contributed by atoms with Crippen molar-refractivity contribution in [2.75, 3.05) is 4.90 Å². The minimum atomic E-state index is -0.318. The molecule has 96 valence electrons. The summed E-state index contributed by atoms with van der Waals surface area (Å²) in [5.74, 6) is 0.0368. The molecule has 0 aromatic heterocycles. The van der Waals surface area contributed by atoms with Crippen LogP contribution in [0, 0.1) is 5.92 Å². The fourth-order valence-electron chi connectivity index (χ4n) is 3.32. The summed E-state index contributed by atoms with van der Waals surface area (Å²) < 4.78 is 0. The Kier molecular flexibility index (Phi) is 2.10. The number of imide groups is 1. The van der Waals surface area contributed by atoms with Gasteiger partial charge in [-0.25, -0.2) is 9.69 Å². The Hall–Kier alpha value is -1.81. The van der Waals surface area contributed by atoms with Gasteiger partial charge in [0.1, 0.15) is 6.04 Å². The SMILES string of the molecule is O=C1[C@H]2[C@@H]3C=C[C@@H](C3)N2C(=O)N1c1cccc(Cl)c1. The van der Waals surface area contributed by atoms with Crippen molar-refractivity contribution < 1.29 is 9.59 Å². The van der Waals surface area contributed by atoms with Gasteiger partial charge in [0.15, 0.2) is 0 Å². The number of halogens is 1. The predicted octanol–water partition coefficient (Wildman–Crippen LogP) is 2.44. The Morgan fingerprint density at radius 2 is 2.05 bits per heavy atom. The molecule has 2 heterocycles. The molecule has 0 saturated carbocycles. The van der Waals surface area contributed by atoms with Gasteiger partial charge in [0.2, 0.25) is 0 Å². The van der Waals surface area contributed by atoms with Crippen LogP contribution in [0.3, 0.4) is 0 Å². The Labute approximate surface area is 115 Å². The van der Waals surface area contributed by atoms with Gasteiger partial charge in [-0.1, -0.05) is 29.8 Å². The van der Waals surface area contributed by atoms with Crippen molar-refractivity contribution >= 4 is 29.2 Å². The first-order chi connectivity index (χ1) is 9.16. The highest BCUT2D eigenvalue weighted by Gasteiger charge is 2.57. The minimum absolute atomic E-state index is 0.0793. The number of anilines is 1. The summed E-state index contributed by atoms with van der Waals surface area (Å²) in [6.45, 7) is 0. The van der Waals surface area contributed by atoms with E-state index in [1.165, 1.54) is 4.90 Å². The lowest BCUT2D eigenvalue weighted by Gasteiger charge is -2.22. The number of carbonyl (C=O) groups excluding carboxylic acids is 2. The summed E-state index contributed by atoms with van der Waals surface area (Å²) in [5.41, 5.74) is 0.552. The van der Waals surface area contributed by atoms with Crippen LogP contribution in [0.25, 0.3) is 0 Å². The van der Waals surface area contributed by atoms with E-state index in [2.05, 4.69) is 6.08 Å². The number of carbonyl (C=O) groups is 2. The summed E-state index contributed by atoms with van der Waals surface area (Å²) in [4.78, 5) is 27.9. The lowest BCUT2D eigenvalue weighted by Crippen LogP contribution is -2.38. The van der Waals surface area contributed by atoms with Gasteiger partial charge in [-0.05, 0) is 24.6 Å². The molecule has 3 amide bonds. The summed E-state index contributed by atoms with van der Waals surface area (Å²) in [6, 6.07) is 6.39. The maximum Gasteiger partial charge on any atom is 0.332 e. The zero-order valence-electron chi connectivity index (χ0n) is 9.99. The first kappa shape index (κ1) is 11.1. The van der Waals surface area contributed by atoms with E-state index in [0.29, 0.717) is 10.7 Å². The summed E-state index contributed by atoms with van der Waals surface area (Å²) in [7, 11) is 0. The van der Waals surface area contributed by atoms with Crippen molar-refractivity contribution in [2.45, 2.75) is 18.5 Å². The van der Waals surface area contributed by atoms with Crippen molar-refractivity contribution in [1.82, 2.24) is 4.90 Å². The number of hydrogen-bond acceptors (Lipinski definition) is 2. The third-order valence-corrected chi connectivity index (χ3v) is 4.34. The number of amides is 3. The smallest absolute Gasteiger partial charge is 0.305 e. The molecule has 5 heteroatoms. The van der Waals surface area contributed by atoms with Crippen molar-refractivity contribution in [3.63, 3.8) is 0 Å². The van der Waals surface area contributed by atoms with Gasteiger partial charge in [0.25, 0.3) is 5.91 Å². The van der Waals surface area contributed by atoms with Crippen LogP contribution in [0.15, 0.2) is 36.4 Å². The lowest BCUT2D eigenvalue weighted by molar-refractivity contribution is -0.119. The fourth-order valence-corrected chi connectivity index (χ4v) is 3.50. The molecule has 0 N–H and O–H groups in total. The standard InChI is InChI=1S/C14H11ClN2O2/c15-9-2-1-3-10(7-9)17-13(18)12-8-4-5-11(6-8)16(12)14(17)19/h1-5,7-8,11-12H,6H2/t8-,11+,12-/m1/s1. The zero-order valence-corrected chi connectivity index (χ0v) is 10.7. The highest BCUT2D eigenvalue weighted by atomic mass is 35.5. The van der Waals surface area contributed by atoms with Crippen LogP contribution in [-0.2, 0) is 4.79 Å². The highest BCUT2D eigenvalue weighted by Crippen LogP contribution is 2.43. The average molecular weight is 275 g/mol. The third kappa shape index (κ3) is 1.35. The van der Waals surface area contributed by atoms with E-state index >= 15 is 0 Å². The lowest BCUT2D eigenvalue weighted by atomic mass is 10.0. The monoisotopic (exact) mass is 274 g/mol. The molecule has 2 fully saturated rings. The molecule has 4 nitrogen and oxygen atoms in total. The largest absolute Gasteiger partial charge is 0.332 e. The van der Waals surface area contributed by atoms with Crippen LogP contribution in [0.2, 0.25) is 5.02 Å². The summed E-state index contributed by atoms with van der Waals surface area (Å²) in [6.07, 6.45) is 4.96. The molecule has 19 heavy (non-hydrogen) atoms. The van der Waals surface area contributed by atoms with Crippen molar-refractivity contribution in [1.29, 1.82) is 0 Å². The number of urea groups is 1. The number of fused-ring (bicyclic) bond motifs is 5. The second-order valence-corrected chi connectivity index (χ2v) is 5.58. The zero-order chi connectivity index (χ0) is 13.1. The molecule has 1 aliphatic carbocycles. The molecule has 0 radical (unpaired) electrons. The predicted molar refractivity (Wildman–Crippen MR) is 71.0 cm³/mol. The summed E-state index contributed by atoms with van der Waals surface area (Å²) >= 11 is 5.93. The van der Waals surface area contributed by atoms with Gasteiger partial charge < -0.3 is 4.90 Å². The van der Waals surface area contributed by atoms with Gasteiger partial charge in [-0.15, -0.1) is 0 Å². The van der Waals surface area contributed by atoms with Crippen LogP contribution in [0.4, 0.5) is 10.5 Å². The third-order valence-electron chi connectivity index (χ3n) is 4.11. The van der Waals surface area contributed by atoms with Gasteiger partial charge in [0, 0.05) is 10.9 Å². The van der Waals surface area contributed by atoms with Crippen molar-refractivity contribution in [2.24, 2.45) is 5.92 Å². The Bertz CT molecular complexity index is 598. The van der Waals surface area contributed by atoms with Crippen LogP contribution >= 0.6 is 11.6 Å². The quantitative estimate of drug-likeness (QED) is 0.583. The molecule has 2 aliphatic heterocycles. The molecule has 1 aromatic rings. The van der Waals surface area contributed by atoms with Crippen LogP contribution < -0.4 is 4.90 Å². The van der Waals surface area contributed by atoms with E-state index in [4.69, 9.17) is 11.6 Å². The maximum absolute atomic E-state index is 12.5. The van der Waals surface area contributed by atoms with E-state index in [-0.39, 0.29) is 29.9 Å². The second kappa shape index (κ2) is 3.61. The molecule has 0 unspecified atom stereocenters. The van der Waals surface area contributed by atoms with Gasteiger partial charge >= 0.3 is 6.03 Å². The summed E-state index contributed by atoms with van der Waals surface area (Å²) in [5, 5.41) is 0.520. The van der Waals surface area contributed by atoms with E-state index < -0.39 is 0 Å². The molecule has 4 rings (SSSR count). The van der Waals surface area contributed by atoms with Crippen LogP contribution in [-0.4, -0.2) is 28.9 Å². The molecule has 2 saturated heterocycles. The maximum atomic E-state index is 12.5. The highest BCUT2D eigenvalue weighted by molar-refractivity contribution is 6.31. The number of nitrogens with zero attached hydrogens (tertiary/aromatic N) is 2. The molecular weight excluding hydrogens is 264 g/mol. The van der Waals surface area contributed by atoms with Crippen LogP contribution in [0.1, 0.15) is 6.42 Å². The number of hydrogen-bond donors (Lipinski definition) is 0. The van der Waals surface area contributed by atoms with E-state index in [1.807, 2.05) is 6.08 Å². The Morgan fingerprint density at radius 3 is 2.79 bits per heavy atom. The molecular formula is C14H11ClN2O2. The fraction of sp³-hybridized carbons (Fsp3) is 0.286. The number of rotatable bonds is 1. The van der Waals surface area contributed by atoms with E-state index in [1.54, 1.807) is 29.2 Å². The van der Waals surface area contributed by atoms with Gasteiger partial charge in [-0.2, -0.15) is 0 Å². The topological polar surface area (TPSA) is 40.6 Å². The first-order valence-electron chi connectivity index (χ1n) is 6.27. The van der Waals surface area contributed by atoms with Crippen molar-refractivity contribution in [3.05, 3.63) is 41.4 Å². The van der Waals surface area contributed by atoms with E-state index in [9.17, 15) is 9.59 Å².